The summed E-state index contributed by atoms with van der Waals surface area (Å²) in [6, 6.07) is 3.52. The third kappa shape index (κ3) is 4.10. The van der Waals surface area contributed by atoms with Gasteiger partial charge in [-0.15, -0.1) is 0 Å². The number of urea groups is 1. The summed E-state index contributed by atoms with van der Waals surface area (Å²) in [4.78, 5) is 45.7. The molecule has 2 aliphatic carbocycles. The number of hydrogen-bond donors (Lipinski definition) is 4. The Morgan fingerprint density at radius 1 is 1.14 bits per heavy atom. The number of hydrogen-bond acceptors (Lipinski definition) is 6. The summed E-state index contributed by atoms with van der Waals surface area (Å²) in [7, 11) is 0. The minimum atomic E-state index is -0.229. The fourth-order valence-corrected chi connectivity index (χ4v) is 7.62. The molecule has 1 aromatic heterocycles. The molecule has 4 N–H and O–H groups in total. The average Bonchev–Trinajstić information content (AvgIpc) is 3.43. The van der Waals surface area contributed by atoms with Crippen LogP contribution in [0.3, 0.4) is 0 Å². The highest BCUT2D eigenvalue weighted by molar-refractivity contribution is 8.04. The van der Waals surface area contributed by atoms with E-state index in [-0.39, 0.29) is 47.3 Å². The number of anilines is 1. The first-order valence-corrected chi connectivity index (χ1v) is 13.9. The number of thioether (sulfide) groups is 1. The standard InChI is InChI=1S/C26H32N6O3S/c1-2-20(33)29-16-7-4-8-17(16)30-24(34)23-22-21-19(10-12-28-25(21)36-23)32(26(35)31-22)15-9-11-27-18(13-15)14-5-3-6-14/h2,9,11,13-14,16-17,19,21,25,28H,1,3-8,10,12H2,(H,29,33)(H,30,34)(H,31,35)/t16-,17-,19?,21?,25?/m1/s1. The molecule has 6 rings (SSSR count). The van der Waals surface area contributed by atoms with Crippen molar-refractivity contribution < 1.29 is 14.4 Å². The number of carbonyl (C=O) groups excluding carboxylic acids is 3. The molecule has 3 aliphatic heterocycles. The van der Waals surface area contributed by atoms with Crippen LogP contribution < -0.4 is 26.2 Å². The number of nitrogens with zero attached hydrogens (tertiary/aromatic N) is 2. The molecule has 36 heavy (non-hydrogen) atoms. The first-order valence-electron chi connectivity index (χ1n) is 13.0. The van der Waals surface area contributed by atoms with E-state index in [0.29, 0.717) is 10.8 Å². The lowest BCUT2D eigenvalue weighted by atomic mass is 9.82. The first-order chi connectivity index (χ1) is 17.5. The molecule has 3 unspecified atom stereocenters. The van der Waals surface area contributed by atoms with Crippen molar-refractivity contribution in [2.24, 2.45) is 5.92 Å². The smallest absolute Gasteiger partial charge is 0.326 e. The molecule has 1 aromatic rings. The van der Waals surface area contributed by atoms with Crippen LogP contribution in [-0.4, -0.2) is 52.9 Å². The lowest BCUT2D eigenvalue weighted by Gasteiger charge is -2.46. The fourth-order valence-electron chi connectivity index (χ4n) is 6.22. The summed E-state index contributed by atoms with van der Waals surface area (Å²) in [5, 5.41) is 12.7. The SMILES string of the molecule is C=CC(=O)N[C@@H]1CCC[C@H]1NC(=O)C1=C2NC(=O)N(c3ccnc(C4CCC4)c3)C3CCNC(S1)C23. The lowest BCUT2D eigenvalue weighted by molar-refractivity contribution is -0.119. The van der Waals surface area contributed by atoms with Crippen LogP contribution in [0.15, 0.2) is 41.6 Å². The van der Waals surface area contributed by atoms with E-state index < -0.39 is 0 Å². The Bertz CT molecular complexity index is 1130. The van der Waals surface area contributed by atoms with Gasteiger partial charge in [-0.05, 0) is 63.3 Å². The number of pyridine rings is 1. The Morgan fingerprint density at radius 2 is 1.92 bits per heavy atom. The predicted molar refractivity (Wildman–Crippen MR) is 138 cm³/mol. The molecule has 9 nitrogen and oxygen atoms in total. The van der Waals surface area contributed by atoms with E-state index in [1.165, 1.54) is 24.3 Å². The molecule has 5 aliphatic rings. The maximum atomic E-state index is 13.5. The topological polar surface area (TPSA) is 115 Å². The minimum Gasteiger partial charge on any atom is -0.348 e. The molecular formula is C26H32N6O3S. The van der Waals surface area contributed by atoms with Gasteiger partial charge in [0.25, 0.3) is 5.91 Å². The summed E-state index contributed by atoms with van der Waals surface area (Å²) in [6.07, 6.45) is 9.98. The van der Waals surface area contributed by atoms with Crippen molar-refractivity contribution in [3.05, 3.63) is 47.3 Å². The Balaban J connectivity index is 1.24. The quantitative estimate of drug-likeness (QED) is 0.439. The van der Waals surface area contributed by atoms with Crippen LogP contribution >= 0.6 is 11.8 Å². The number of amides is 4. The maximum absolute atomic E-state index is 13.5. The van der Waals surface area contributed by atoms with Gasteiger partial charge in [-0.2, -0.15) is 0 Å². The Hall–Kier alpha value is -2.85. The van der Waals surface area contributed by atoms with E-state index in [1.807, 2.05) is 17.2 Å². The molecule has 190 valence electrons. The van der Waals surface area contributed by atoms with Crippen LogP contribution in [0.2, 0.25) is 0 Å². The number of rotatable bonds is 6. The van der Waals surface area contributed by atoms with Crippen LogP contribution in [0.1, 0.15) is 56.6 Å². The lowest BCUT2D eigenvalue weighted by Crippen LogP contribution is -2.62. The van der Waals surface area contributed by atoms with Gasteiger partial charge in [-0.1, -0.05) is 24.8 Å². The van der Waals surface area contributed by atoms with Crippen LogP contribution in [0, 0.1) is 5.92 Å². The molecule has 4 amide bonds. The van der Waals surface area contributed by atoms with Gasteiger partial charge in [0.05, 0.1) is 16.3 Å². The van der Waals surface area contributed by atoms with E-state index in [0.717, 1.165) is 62.1 Å². The highest BCUT2D eigenvalue weighted by Gasteiger charge is 2.52. The summed E-state index contributed by atoms with van der Waals surface area (Å²) in [6.45, 7) is 4.30. The Kier molecular flexibility index (Phi) is 6.25. The van der Waals surface area contributed by atoms with Gasteiger partial charge < -0.3 is 21.3 Å². The molecule has 0 radical (unpaired) electrons. The fraction of sp³-hybridized carbons (Fsp3) is 0.538. The Morgan fingerprint density at radius 3 is 2.67 bits per heavy atom. The summed E-state index contributed by atoms with van der Waals surface area (Å²) < 4.78 is 0. The zero-order valence-corrected chi connectivity index (χ0v) is 21.0. The third-order valence-corrected chi connectivity index (χ3v) is 9.61. The predicted octanol–water partition coefficient (Wildman–Crippen LogP) is 2.48. The van der Waals surface area contributed by atoms with Gasteiger partial charge in [0.2, 0.25) is 5.91 Å². The zero-order chi connectivity index (χ0) is 24.8. The second-order valence-corrected chi connectivity index (χ2v) is 11.5. The molecular weight excluding hydrogens is 476 g/mol. The van der Waals surface area contributed by atoms with Crippen molar-refractivity contribution in [1.82, 2.24) is 26.3 Å². The van der Waals surface area contributed by atoms with Crippen LogP contribution in [0.4, 0.5) is 10.5 Å². The normalized spacial score (nSPS) is 31.4. The van der Waals surface area contributed by atoms with E-state index in [4.69, 9.17) is 0 Å². The van der Waals surface area contributed by atoms with Gasteiger partial charge in [0.15, 0.2) is 0 Å². The second-order valence-electron chi connectivity index (χ2n) is 10.3. The molecule has 2 saturated carbocycles. The molecule has 10 heteroatoms. The van der Waals surface area contributed by atoms with E-state index in [2.05, 4.69) is 38.9 Å². The Labute approximate surface area is 214 Å². The van der Waals surface area contributed by atoms with Gasteiger partial charge >= 0.3 is 6.03 Å². The highest BCUT2D eigenvalue weighted by Crippen LogP contribution is 2.48. The van der Waals surface area contributed by atoms with E-state index in [9.17, 15) is 14.4 Å². The molecule has 4 heterocycles. The van der Waals surface area contributed by atoms with Crippen molar-refractivity contribution in [1.29, 1.82) is 0 Å². The zero-order valence-electron chi connectivity index (χ0n) is 20.2. The van der Waals surface area contributed by atoms with Gasteiger partial charge in [0, 0.05) is 47.2 Å². The molecule has 0 bridgehead atoms. The van der Waals surface area contributed by atoms with Crippen LogP contribution in [-0.2, 0) is 9.59 Å². The molecule has 5 atom stereocenters. The van der Waals surface area contributed by atoms with E-state index in [1.54, 1.807) is 0 Å². The second kappa shape index (κ2) is 9.55. The number of piperidine rings is 1. The minimum absolute atomic E-state index is 0.00219. The van der Waals surface area contributed by atoms with Crippen LogP contribution in [0.5, 0.6) is 0 Å². The molecule has 0 spiro atoms. The maximum Gasteiger partial charge on any atom is 0.326 e. The summed E-state index contributed by atoms with van der Waals surface area (Å²) in [5.41, 5.74) is 2.66. The monoisotopic (exact) mass is 508 g/mol. The van der Waals surface area contributed by atoms with Crippen LogP contribution in [0.25, 0.3) is 0 Å². The number of nitrogens with one attached hydrogen (secondary N) is 4. The molecule has 2 saturated heterocycles. The molecule has 4 fully saturated rings. The van der Waals surface area contributed by atoms with Crippen molar-refractivity contribution in [3.63, 3.8) is 0 Å². The van der Waals surface area contributed by atoms with Crippen molar-refractivity contribution in [2.75, 3.05) is 11.4 Å². The summed E-state index contributed by atoms with van der Waals surface area (Å²) >= 11 is 1.50. The number of carbonyl (C=O) groups is 3. The first kappa shape index (κ1) is 23.5. The van der Waals surface area contributed by atoms with Crippen molar-refractivity contribution in [3.8, 4) is 0 Å². The van der Waals surface area contributed by atoms with Gasteiger partial charge in [0.1, 0.15) is 0 Å². The number of aromatic nitrogens is 1. The highest BCUT2D eigenvalue weighted by atomic mass is 32.2. The van der Waals surface area contributed by atoms with Gasteiger partial charge in [-0.25, -0.2) is 4.79 Å². The molecule has 0 aromatic carbocycles. The largest absolute Gasteiger partial charge is 0.348 e. The average molecular weight is 509 g/mol. The van der Waals surface area contributed by atoms with E-state index >= 15 is 0 Å². The van der Waals surface area contributed by atoms with Crippen molar-refractivity contribution >= 4 is 35.3 Å². The summed E-state index contributed by atoms with van der Waals surface area (Å²) in [5.74, 6) is 0.0803. The third-order valence-electron chi connectivity index (χ3n) is 8.26. The van der Waals surface area contributed by atoms with Gasteiger partial charge in [-0.3, -0.25) is 19.5 Å². The van der Waals surface area contributed by atoms with Crippen molar-refractivity contribution in [2.45, 2.75) is 74.4 Å².